The Balaban J connectivity index is 1.36. The summed E-state index contributed by atoms with van der Waals surface area (Å²) in [6.07, 6.45) is 1.88. The van der Waals surface area contributed by atoms with Gasteiger partial charge in [-0.2, -0.15) is 0 Å². The fourth-order valence-electron chi connectivity index (χ4n) is 2.97. The summed E-state index contributed by atoms with van der Waals surface area (Å²) in [6.45, 7) is 0.980. The summed E-state index contributed by atoms with van der Waals surface area (Å²) < 4.78 is 0. The number of H-pyrrole nitrogens is 1. The van der Waals surface area contributed by atoms with Crippen LogP contribution in [0.1, 0.15) is 22.3 Å². The Morgan fingerprint density at radius 2 is 2.12 bits per heavy atom. The molecule has 24 heavy (non-hydrogen) atoms. The highest BCUT2D eigenvalue weighted by Gasteiger charge is 2.26. The monoisotopic (exact) mass is 320 g/mol. The second-order valence-corrected chi connectivity index (χ2v) is 5.82. The van der Waals surface area contributed by atoms with Crippen LogP contribution in [-0.2, 0) is 11.3 Å². The van der Waals surface area contributed by atoms with Gasteiger partial charge in [-0.3, -0.25) is 9.59 Å². The third-order valence-electron chi connectivity index (χ3n) is 4.21. The van der Waals surface area contributed by atoms with Gasteiger partial charge in [0.2, 0.25) is 5.91 Å². The Hall–Kier alpha value is -3.15. The summed E-state index contributed by atoms with van der Waals surface area (Å²) in [5.41, 5.74) is 4.20. The molecule has 0 radical (unpaired) electrons. The molecule has 2 amide bonds. The van der Waals surface area contributed by atoms with E-state index >= 15 is 0 Å². The van der Waals surface area contributed by atoms with E-state index < -0.39 is 0 Å². The lowest BCUT2D eigenvalue weighted by atomic mass is 10.1. The molecule has 1 aromatic heterocycles. The fraction of sp³-hybridized carbons (Fsp3) is 0.167. The van der Waals surface area contributed by atoms with Gasteiger partial charge in [-0.15, -0.1) is 0 Å². The van der Waals surface area contributed by atoms with Crippen LogP contribution < -0.4 is 5.32 Å². The molecule has 2 aromatic carbocycles. The van der Waals surface area contributed by atoms with Crippen LogP contribution in [0.15, 0.2) is 48.8 Å². The predicted octanol–water partition coefficient (Wildman–Crippen LogP) is 2.55. The first-order valence-corrected chi connectivity index (χ1v) is 7.81. The lowest BCUT2D eigenvalue weighted by Crippen LogP contribution is -2.28. The molecule has 2 N–H and O–H groups in total. The van der Waals surface area contributed by atoms with Gasteiger partial charge in [-0.05, 0) is 29.8 Å². The second kappa shape index (κ2) is 5.81. The zero-order valence-corrected chi connectivity index (χ0v) is 13.0. The van der Waals surface area contributed by atoms with Crippen molar-refractivity contribution in [2.75, 3.05) is 11.9 Å². The number of rotatable bonds is 4. The van der Waals surface area contributed by atoms with E-state index in [1.807, 2.05) is 42.5 Å². The van der Waals surface area contributed by atoms with Gasteiger partial charge >= 0.3 is 0 Å². The van der Waals surface area contributed by atoms with Crippen molar-refractivity contribution in [2.24, 2.45) is 0 Å². The first-order valence-electron chi connectivity index (χ1n) is 7.81. The minimum absolute atomic E-state index is 0.00252. The van der Waals surface area contributed by atoms with Crippen LogP contribution in [0.3, 0.4) is 0 Å². The van der Waals surface area contributed by atoms with Crippen molar-refractivity contribution in [1.82, 2.24) is 14.9 Å². The fourth-order valence-corrected chi connectivity index (χ4v) is 2.97. The molecule has 0 spiro atoms. The maximum absolute atomic E-state index is 12.3. The number of carbonyl (C=O) groups excluding carboxylic acids is 2. The average molecular weight is 320 g/mol. The van der Waals surface area contributed by atoms with Crippen LogP contribution in [-0.4, -0.2) is 33.2 Å². The van der Waals surface area contributed by atoms with Crippen molar-refractivity contribution in [1.29, 1.82) is 0 Å². The summed E-state index contributed by atoms with van der Waals surface area (Å²) in [5, 5.41) is 2.86. The molecule has 3 aromatic rings. The number of nitrogens with zero attached hydrogens (tertiary/aromatic N) is 2. The Kier molecular flexibility index (Phi) is 3.49. The number of carbonyl (C=O) groups is 2. The molecular formula is C18H16N4O2. The predicted molar refractivity (Wildman–Crippen MR) is 90.5 cm³/mol. The highest BCUT2D eigenvalue weighted by molar-refractivity contribution is 5.99. The van der Waals surface area contributed by atoms with Crippen LogP contribution in [0, 0.1) is 0 Å². The molecule has 0 atom stereocenters. The van der Waals surface area contributed by atoms with E-state index in [1.54, 1.807) is 11.2 Å². The van der Waals surface area contributed by atoms with E-state index in [-0.39, 0.29) is 18.2 Å². The number of hydrogen-bond acceptors (Lipinski definition) is 3. The molecule has 0 fully saturated rings. The maximum Gasteiger partial charge on any atom is 0.254 e. The van der Waals surface area contributed by atoms with Crippen LogP contribution in [0.2, 0.25) is 0 Å². The molecule has 2 heterocycles. The number of imidazole rings is 1. The van der Waals surface area contributed by atoms with Crippen LogP contribution >= 0.6 is 0 Å². The minimum atomic E-state index is -0.113. The number of hydrogen-bond donors (Lipinski definition) is 2. The molecule has 4 rings (SSSR count). The van der Waals surface area contributed by atoms with Gasteiger partial charge in [0.25, 0.3) is 5.91 Å². The topological polar surface area (TPSA) is 78.1 Å². The molecule has 0 bridgehead atoms. The quantitative estimate of drug-likeness (QED) is 0.775. The molecular weight excluding hydrogens is 304 g/mol. The molecule has 0 aliphatic carbocycles. The number of amides is 2. The Morgan fingerprint density at radius 1 is 1.25 bits per heavy atom. The van der Waals surface area contributed by atoms with Crippen molar-refractivity contribution < 1.29 is 9.59 Å². The number of benzene rings is 2. The van der Waals surface area contributed by atoms with E-state index in [0.29, 0.717) is 18.8 Å². The number of anilines is 1. The summed E-state index contributed by atoms with van der Waals surface area (Å²) in [6, 6.07) is 13.1. The number of nitrogens with one attached hydrogen (secondary N) is 2. The minimum Gasteiger partial charge on any atom is -0.345 e. The van der Waals surface area contributed by atoms with Gasteiger partial charge in [0.05, 0.1) is 17.4 Å². The van der Waals surface area contributed by atoms with E-state index in [9.17, 15) is 9.59 Å². The van der Waals surface area contributed by atoms with Gasteiger partial charge in [0.1, 0.15) is 0 Å². The van der Waals surface area contributed by atoms with Gasteiger partial charge in [0, 0.05) is 30.8 Å². The molecule has 1 aliphatic heterocycles. The summed E-state index contributed by atoms with van der Waals surface area (Å²) >= 11 is 0. The normalized spacial score (nSPS) is 13.3. The zero-order valence-electron chi connectivity index (χ0n) is 13.0. The zero-order chi connectivity index (χ0) is 16.5. The second-order valence-electron chi connectivity index (χ2n) is 5.82. The highest BCUT2D eigenvalue weighted by Crippen LogP contribution is 2.22. The van der Waals surface area contributed by atoms with Crippen molar-refractivity contribution in [3.05, 3.63) is 59.9 Å². The van der Waals surface area contributed by atoms with Crippen molar-refractivity contribution in [3.8, 4) is 0 Å². The van der Waals surface area contributed by atoms with E-state index in [2.05, 4.69) is 15.3 Å². The van der Waals surface area contributed by atoms with Crippen LogP contribution in [0.4, 0.5) is 5.69 Å². The number of aromatic nitrogens is 2. The lowest BCUT2D eigenvalue weighted by molar-refractivity contribution is -0.116. The summed E-state index contributed by atoms with van der Waals surface area (Å²) in [5.74, 6) is -0.116. The van der Waals surface area contributed by atoms with Crippen LogP contribution in [0.25, 0.3) is 11.0 Å². The Bertz CT molecular complexity index is 931. The van der Waals surface area contributed by atoms with Crippen molar-refractivity contribution >= 4 is 28.5 Å². The van der Waals surface area contributed by atoms with Crippen molar-refractivity contribution in [3.63, 3.8) is 0 Å². The van der Waals surface area contributed by atoms with E-state index in [0.717, 1.165) is 22.2 Å². The van der Waals surface area contributed by atoms with Crippen LogP contribution in [0.5, 0.6) is 0 Å². The maximum atomic E-state index is 12.3. The third-order valence-corrected chi connectivity index (χ3v) is 4.21. The molecule has 6 heteroatoms. The Morgan fingerprint density at radius 3 is 3.00 bits per heavy atom. The first-order chi connectivity index (χ1) is 11.7. The van der Waals surface area contributed by atoms with Crippen molar-refractivity contribution in [2.45, 2.75) is 13.0 Å². The van der Waals surface area contributed by atoms with Gasteiger partial charge in [-0.1, -0.05) is 18.2 Å². The average Bonchev–Trinajstić information content (AvgIpc) is 3.17. The number of aromatic amines is 1. The molecule has 120 valence electrons. The molecule has 0 unspecified atom stereocenters. The van der Waals surface area contributed by atoms with Gasteiger partial charge < -0.3 is 15.2 Å². The van der Waals surface area contributed by atoms with Gasteiger partial charge in [-0.25, -0.2) is 4.98 Å². The Labute approximate surface area is 138 Å². The number of fused-ring (bicyclic) bond motifs is 2. The van der Waals surface area contributed by atoms with E-state index in [1.165, 1.54) is 0 Å². The smallest absolute Gasteiger partial charge is 0.254 e. The SMILES string of the molecule is O=C(CCN1Cc2ccccc2C1=O)Nc1ccc2nc[nH]c2c1. The van der Waals surface area contributed by atoms with E-state index in [4.69, 9.17) is 0 Å². The molecule has 1 aliphatic rings. The summed E-state index contributed by atoms with van der Waals surface area (Å²) in [7, 11) is 0. The molecule has 6 nitrogen and oxygen atoms in total. The highest BCUT2D eigenvalue weighted by atomic mass is 16.2. The van der Waals surface area contributed by atoms with Gasteiger partial charge in [0.15, 0.2) is 0 Å². The third kappa shape index (κ3) is 2.62. The summed E-state index contributed by atoms with van der Waals surface area (Å²) in [4.78, 5) is 33.3. The lowest BCUT2D eigenvalue weighted by Gasteiger charge is -2.15. The largest absolute Gasteiger partial charge is 0.345 e. The molecule has 0 saturated carbocycles. The standard InChI is InChI=1S/C18H16N4O2/c23-17(21-13-5-6-15-16(9-13)20-11-19-15)7-8-22-10-12-3-1-2-4-14(12)18(22)24/h1-6,9,11H,7-8,10H2,(H,19,20)(H,21,23). The first kappa shape index (κ1) is 14.4. The molecule has 0 saturated heterocycles.